The second-order valence-corrected chi connectivity index (χ2v) is 5.16. The number of nitrogens with two attached hydrogens (primary N) is 1. The molecule has 1 aromatic carbocycles. The Morgan fingerprint density at radius 3 is 2.55 bits per heavy atom. The number of rotatable bonds is 2. The van der Waals surface area contributed by atoms with E-state index in [0.29, 0.717) is 5.06 Å². The van der Waals surface area contributed by atoms with Crippen LogP contribution in [0.1, 0.15) is 29.0 Å². The van der Waals surface area contributed by atoms with Gasteiger partial charge in [-0.25, -0.2) is 4.79 Å². The van der Waals surface area contributed by atoms with Crippen molar-refractivity contribution >= 4 is 17.4 Å². The van der Waals surface area contributed by atoms with Crippen molar-refractivity contribution < 1.29 is 10.0 Å². The summed E-state index contributed by atoms with van der Waals surface area (Å²) >= 11 is 1.59. The summed E-state index contributed by atoms with van der Waals surface area (Å²) in [6.45, 7) is 1.69. The molecule has 0 radical (unpaired) electrons. The Morgan fingerprint density at radius 1 is 1.30 bits per heavy atom. The molecule has 1 aromatic heterocycles. The van der Waals surface area contributed by atoms with Gasteiger partial charge in [-0.05, 0) is 36.1 Å². The van der Waals surface area contributed by atoms with E-state index in [-0.39, 0.29) is 0 Å². The number of hydroxylamine groups is 2. The third-order valence-electron chi connectivity index (χ3n) is 2.84. The predicted molar refractivity (Wildman–Crippen MR) is 78.4 cm³/mol. The van der Waals surface area contributed by atoms with Crippen LogP contribution in [-0.2, 0) is 0 Å². The lowest BCUT2D eigenvalue weighted by Crippen LogP contribution is -2.34. The number of carbonyl (C=O) groups excluding carboxylic acids is 1. The summed E-state index contributed by atoms with van der Waals surface area (Å²) in [6.07, 6.45) is 0. The number of hydrogen-bond donors (Lipinski definition) is 2. The SMILES string of the molecule is CC(c1ccc(C#Cc2cccs2)cc1)N(O)C(N)=O. The van der Waals surface area contributed by atoms with Gasteiger partial charge in [0.1, 0.15) is 0 Å². The Hall–Kier alpha value is -2.29. The first-order valence-electron chi connectivity index (χ1n) is 6.01. The van der Waals surface area contributed by atoms with Gasteiger partial charge in [-0.3, -0.25) is 5.21 Å². The highest BCUT2D eigenvalue weighted by atomic mass is 32.1. The summed E-state index contributed by atoms with van der Waals surface area (Å²) in [5.41, 5.74) is 6.68. The Bertz CT molecular complexity index is 639. The van der Waals surface area contributed by atoms with Crippen molar-refractivity contribution in [1.29, 1.82) is 0 Å². The molecule has 1 heterocycles. The maximum atomic E-state index is 10.9. The molecule has 5 heteroatoms. The molecule has 0 fully saturated rings. The van der Waals surface area contributed by atoms with E-state index in [1.807, 2.05) is 41.8 Å². The molecule has 3 N–H and O–H groups in total. The minimum atomic E-state index is -0.876. The topological polar surface area (TPSA) is 66.6 Å². The maximum Gasteiger partial charge on any atom is 0.339 e. The lowest BCUT2D eigenvalue weighted by atomic mass is 10.1. The number of benzene rings is 1. The molecule has 2 aromatic rings. The molecule has 102 valence electrons. The molecular formula is C15H14N2O2S. The standard InChI is InChI=1S/C15H14N2O2S/c1-11(17(19)15(16)18)13-7-4-12(5-8-13)6-9-14-3-2-10-20-14/h2-5,7-8,10-11,19H,1H3,(H2,16,18). The second-order valence-electron chi connectivity index (χ2n) is 4.21. The summed E-state index contributed by atoms with van der Waals surface area (Å²) in [7, 11) is 0. The molecule has 0 bridgehead atoms. The minimum absolute atomic E-state index is 0.494. The molecule has 2 amide bonds. The molecule has 4 nitrogen and oxygen atoms in total. The number of carbonyl (C=O) groups is 1. The zero-order valence-corrected chi connectivity index (χ0v) is 11.7. The van der Waals surface area contributed by atoms with Gasteiger partial charge in [0, 0.05) is 5.56 Å². The number of nitrogens with zero attached hydrogens (tertiary/aromatic N) is 1. The van der Waals surface area contributed by atoms with Crippen LogP contribution < -0.4 is 5.73 Å². The number of thiophene rings is 1. The van der Waals surface area contributed by atoms with Crippen LogP contribution in [0.25, 0.3) is 0 Å². The summed E-state index contributed by atoms with van der Waals surface area (Å²) in [6, 6.07) is 9.88. The zero-order chi connectivity index (χ0) is 14.5. The molecule has 0 aliphatic heterocycles. The molecule has 20 heavy (non-hydrogen) atoms. The molecule has 0 spiro atoms. The first kappa shape index (κ1) is 14.1. The quantitative estimate of drug-likeness (QED) is 0.506. The van der Waals surface area contributed by atoms with E-state index in [9.17, 15) is 10.0 Å². The van der Waals surface area contributed by atoms with Crippen molar-refractivity contribution in [2.75, 3.05) is 0 Å². The van der Waals surface area contributed by atoms with E-state index in [0.717, 1.165) is 16.0 Å². The monoisotopic (exact) mass is 286 g/mol. The van der Waals surface area contributed by atoms with Gasteiger partial charge in [-0.1, -0.05) is 30.0 Å². The van der Waals surface area contributed by atoms with Crippen LogP contribution in [0.15, 0.2) is 41.8 Å². The van der Waals surface area contributed by atoms with Gasteiger partial charge in [0.15, 0.2) is 0 Å². The van der Waals surface area contributed by atoms with Crippen LogP contribution in [0, 0.1) is 11.8 Å². The van der Waals surface area contributed by atoms with Gasteiger partial charge in [0.2, 0.25) is 0 Å². The third kappa shape index (κ3) is 3.38. The van der Waals surface area contributed by atoms with Gasteiger partial charge < -0.3 is 5.73 Å². The van der Waals surface area contributed by atoms with Crippen molar-refractivity contribution in [3.8, 4) is 11.8 Å². The van der Waals surface area contributed by atoms with Crippen molar-refractivity contribution in [3.05, 3.63) is 57.8 Å². The van der Waals surface area contributed by atoms with Gasteiger partial charge in [-0.2, -0.15) is 5.06 Å². The Labute approximate surface area is 121 Å². The molecule has 1 atom stereocenters. The van der Waals surface area contributed by atoms with Gasteiger partial charge in [-0.15, -0.1) is 11.3 Å². The number of urea groups is 1. The lowest BCUT2D eigenvalue weighted by Gasteiger charge is -2.20. The average Bonchev–Trinajstić information content (AvgIpc) is 2.97. The first-order chi connectivity index (χ1) is 9.58. The summed E-state index contributed by atoms with van der Waals surface area (Å²) in [5, 5.41) is 12.0. The van der Waals surface area contributed by atoms with Crippen LogP contribution in [-0.4, -0.2) is 16.3 Å². The van der Waals surface area contributed by atoms with Gasteiger partial charge in [0.05, 0.1) is 10.9 Å². The molecule has 0 saturated heterocycles. The highest BCUT2D eigenvalue weighted by Crippen LogP contribution is 2.18. The summed E-state index contributed by atoms with van der Waals surface area (Å²) < 4.78 is 0. The fourth-order valence-electron chi connectivity index (χ4n) is 1.66. The van der Waals surface area contributed by atoms with Crippen LogP contribution >= 0.6 is 11.3 Å². The van der Waals surface area contributed by atoms with Gasteiger partial charge >= 0.3 is 6.03 Å². The first-order valence-corrected chi connectivity index (χ1v) is 6.89. The highest BCUT2D eigenvalue weighted by Gasteiger charge is 2.16. The normalized spacial score (nSPS) is 11.3. The minimum Gasteiger partial charge on any atom is -0.350 e. The van der Waals surface area contributed by atoms with E-state index in [4.69, 9.17) is 5.73 Å². The van der Waals surface area contributed by atoms with Crippen molar-refractivity contribution in [3.63, 3.8) is 0 Å². The Morgan fingerprint density at radius 2 is 2.00 bits per heavy atom. The summed E-state index contributed by atoms with van der Waals surface area (Å²) in [4.78, 5) is 11.9. The Kier molecular flexibility index (Phi) is 4.41. The number of hydrogen-bond acceptors (Lipinski definition) is 3. The van der Waals surface area contributed by atoms with Crippen LogP contribution in [0.4, 0.5) is 4.79 Å². The third-order valence-corrected chi connectivity index (χ3v) is 3.62. The van der Waals surface area contributed by atoms with Crippen molar-refractivity contribution in [2.24, 2.45) is 5.73 Å². The van der Waals surface area contributed by atoms with E-state index in [2.05, 4.69) is 11.8 Å². The number of amides is 2. The summed E-state index contributed by atoms with van der Waals surface area (Å²) in [5.74, 6) is 6.12. The zero-order valence-electron chi connectivity index (χ0n) is 10.9. The van der Waals surface area contributed by atoms with E-state index in [1.165, 1.54) is 0 Å². The molecule has 2 rings (SSSR count). The van der Waals surface area contributed by atoms with Gasteiger partial charge in [0.25, 0.3) is 0 Å². The fourth-order valence-corrected chi connectivity index (χ4v) is 2.23. The van der Waals surface area contributed by atoms with Crippen molar-refractivity contribution in [1.82, 2.24) is 5.06 Å². The van der Waals surface area contributed by atoms with E-state index in [1.54, 1.807) is 18.3 Å². The lowest BCUT2D eigenvalue weighted by molar-refractivity contribution is -0.0709. The van der Waals surface area contributed by atoms with Crippen LogP contribution in [0.2, 0.25) is 0 Å². The van der Waals surface area contributed by atoms with Crippen LogP contribution in [0.3, 0.4) is 0 Å². The van der Waals surface area contributed by atoms with Crippen LogP contribution in [0.5, 0.6) is 0 Å². The molecule has 0 aliphatic rings. The van der Waals surface area contributed by atoms with E-state index >= 15 is 0 Å². The van der Waals surface area contributed by atoms with Crippen molar-refractivity contribution in [2.45, 2.75) is 13.0 Å². The molecule has 1 unspecified atom stereocenters. The molecule has 0 aliphatic carbocycles. The molecular weight excluding hydrogens is 272 g/mol. The van der Waals surface area contributed by atoms with E-state index < -0.39 is 12.1 Å². The fraction of sp³-hybridized carbons (Fsp3) is 0.133. The second kappa shape index (κ2) is 6.24. The maximum absolute atomic E-state index is 10.9. The largest absolute Gasteiger partial charge is 0.350 e. The smallest absolute Gasteiger partial charge is 0.339 e. The Balaban J connectivity index is 2.12. The molecule has 0 saturated carbocycles. The number of primary amides is 1. The predicted octanol–water partition coefficient (Wildman–Crippen LogP) is 2.98. The highest BCUT2D eigenvalue weighted by molar-refractivity contribution is 7.10. The average molecular weight is 286 g/mol.